The summed E-state index contributed by atoms with van der Waals surface area (Å²) in [6.45, 7) is 3.05. The standard InChI is InChI=1S/C14H20N2O2S/c1-2-16(10-5-3-4-6-10)14-15-11(9-7-8-9)12(19-14)13(17)18/h9-10H,2-8H2,1H3,(H,17,18). The van der Waals surface area contributed by atoms with Crippen molar-refractivity contribution >= 4 is 22.4 Å². The number of carbonyl (C=O) groups is 1. The highest BCUT2D eigenvalue weighted by Crippen LogP contribution is 2.44. The van der Waals surface area contributed by atoms with Gasteiger partial charge in [-0.15, -0.1) is 0 Å². The number of thiazole rings is 1. The summed E-state index contributed by atoms with van der Waals surface area (Å²) in [7, 11) is 0. The maximum atomic E-state index is 11.4. The predicted molar refractivity (Wildman–Crippen MR) is 76.3 cm³/mol. The van der Waals surface area contributed by atoms with Crippen molar-refractivity contribution in [2.75, 3.05) is 11.4 Å². The molecule has 3 rings (SSSR count). The SMILES string of the molecule is CCN(c1nc(C2CC2)c(C(=O)O)s1)C1CCCC1. The van der Waals surface area contributed by atoms with E-state index in [2.05, 4.69) is 16.8 Å². The van der Waals surface area contributed by atoms with Crippen molar-refractivity contribution in [2.45, 2.75) is 57.4 Å². The lowest BCUT2D eigenvalue weighted by Gasteiger charge is -2.26. The second kappa shape index (κ2) is 5.12. The van der Waals surface area contributed by atoms with Gasteiger partial charge in [0, 0.05) is 18.5 Å². The van der Waals surface area contributed by atoms with Gasteiger partial charge in [0.1, 0.15) is 4.88 Å². The summed E-state index contributed by atoms with van der Waals surface area (Å²) in [5, 5.41) is 10.3. The van der Waals surface area contributed by atoms with Crippen molar-refractivity contribution in [1.82, 2.24) is 4.98 Å². The third-order valence-electron chi connectivity index (χ3n) is 4.15. The summed E-state index contributed by atoms with van der Waals surface area (Å²) in [6.07, 6.45) is 7.20. The molecule has 0 atom stereocenters. The molecule has 0 bridgehead atoms. The first-order chi connectivity index (χ1) is 9.20. The Kier molecular flexibility index (Phi) is 3.48. The molecule has 1 aromatic heterocycles. The Labute approximate surface area is 117 Å². The van der Waals surface area contributed by atoms with E-state index in [-0.39, 0.29) is 0 Å². The molecule has 19 heavy (non-hydrogen) atoms. The van der Waals surface area contributed by atoms with E-state index in [1.54, 1.807) is 0 Å². The zero-order chi connectivity index (χ0) is 13.4. The smallest absolute Gasteiger partial charge is 0.347 e. The van der Waals surface area contributed by atoms with Gasteiger partial charge in [-0.25, -0.2) is 9.78 Å². The highest BCUT2D eigenvalue weighted by Gasteiger charge is 2.34. The number of anilines is 1. The molecule has 1 N–H and O–H groups in total. The number of aromatic carboxylic acids is 1. The number of carboxylic acids is 1. The fraction of sp³-hybridized carbons (Fsp3) is 0.714. The third-order valence-corrected chi connectivity index (χ3v) is 5.25. The third kappa shape index (κ3) is 2.48. The van der Waals surface area contributed by atoms with Crippen molar-refractivity contribution in [1.29, 1.82) is 0 Å². The molecule has 1 aromatic rings. The predicted octanol–water partition coefficient (Wildman–Crippen LogP) is 3.49. The van der Waals surface area contributed by atoms with Gasteiger partial charge in [0.05, 0.1) is 5.69 Å². The van der Waals surface area contributed by atoms with E-state index >= 15 is 0 Å². The fourth-order valence-electron chi connectivity index (χ4n) is 3.00. The Morgan fingerprint density at radius 2 is 2.05 bits per heavy atom. The summed E-state index contributed by atoms with van der Waals surface area (Å²) >= 11 is 1.37. The molecule has 0 saturated heterocycles. The quantitative estimate of drug-likeness (QED) is 0.897. The van der Waals surface area contributed by atoms with Crippen LogP contribution in [0.4, 0.5) is 5.13 Å². The maximum absolute atomic E-state index is 11.4. The average Bonchev–Trinajstić information content (AvgIpc) is 2.92. The minimum Gasteiger partial charge on any atom is -0.477 e. The largest absolute Gasteiger partial charge is 0.477 e. The average molecular weight is 280 g/mol. The van der Waals surface area contributed by atoms with Crippen LogP contribution >= 0.6 is 11.3 Å². The van der Waals surface area contributed by atoms with Crippen molar-refractivity contribution in [3.63, 3.8) is 0 Å². The van der Waals surface area contributed by atoms with Gasteiger partial charge in [-0.3, -0.25) is 0 Å². The first-order valence-electron chi connectivity index (χ1n) is 7.21. The summed E-state index contributed by atoms with van der Waals surface area (Å²) in [4.78, 5) is 18.8. The first kappa shape index (κ1) is 12.9. The number of hydrogen-bond donors (Lipinski definition) is 1. The van der Waals surface area contributed by atoms with Crippen LogP contribution in [0.2, 0.25) is 0 Å². The molecular weight excluding hydrogens is 260 g/mol. The van der Waals surface area contributed by atoms with Gasteiger partial charge in [0.15, 0.2) is 5.13 Å². The monoisotopic (exact) mass is 280 g/mol. The minimum absolute atomic E-state index is 0.401. The van der Waals surface area contributed by atoms with Crippen LogP contribution < -0.4 is 4.90 Å². The molecule has 4 nitrogen and oxygen atoms in total. The summed E-state index contributed by atoms with van der Waals surface area (Å²) in [5.74, 6) is -0.411. The highest BCUT2D eigenvalue weighted by molar-refractivity contribution is 7.17. The van der Waals surface area contributed by atoms with Gasteiger partial charge in [0.25, 0.3) is 0 Å². The van der Waals surface area contributed by atoms with Crippen LogP contribution in [0.1, 0.15) is 66.7 Å². The summed E-state index contributed by atoms with van der Waals surface area (Å²) in [6, 6.07) is 0.560. The van der Waals surface area contributed by atoms with Crippen LogP contribution in [0.5, 0.6) is 0 Å². The Morgan fingerprint density at radius 3 is 2.58 bits per heavy atom. The van der Waals surface area contributed by atoms with Gasteiger partial charge in [-0.2, -0.15) is 0 Å². The molecule has 104 valence electrons. The zero-order valence-corrected chi connectivity index (χ0v) is 12.1. The lowest BCUT2D eigenvalue weighted by molar-refractivity contribution is 0.0700. The van der Waals surface area contributed by atoms with Gasteiger partial charge in [-0.05, 0) is 32.6 Å². The summed E-state index contributed by atoms with van der Waals surface area (Å²) in [5.41, 5.74) is 0.837. The van der Waals surface area contributed by atoms with E-state index in [1.807, 2.05) is 0 Å². The van der Waals surface area contributed by atoms with E-state index < -0.39 is 5.97 Å². The van der Waals surface area contributed by atoms with E-state index in [9.17, 15) is 9.90 Å². The van der Waals surface area contributed by atoms with Crippen molar-refractivity contribution in [3.8, 4) is 0 Å². The van der Waals surface area contributed by atoms with E-state index in [0.29, 0.717) is 16.8 Å². The van der Waals surface area contributed by atoms with Crippen LogP contribution in [-0.4, -0.2) is 28.6 Å². The molecule has 0 amide bonds. The lowest BCUT2D eigenvalue weighted by atomic mass is 10.2. The molecule has 2 fully saturated rings. The molecule has 5 heteroatoms. The Hall–Kier alpha value is -1.10. The normalized spacial score (nSPS) is 19.8. The van der Waals surface area contributed by atoms with Gasteiger partial charge >= 0.3 is 5.97 Å². The number of nitrogens with zero attached hydrogens (tertiary/aromatic N) is 2. The van der Waals surface area contributed by atoms with Crippen LogP contribution in [0, 0.1) is 0 Å². The number of carboxylic acid groups (broad SMARTS) is 1. The van der Waals surface area contributed by atoms with Crippen LogP contribution in [0.15, 0.2) is 0 Å². The second-order valence-corrected chi connectivity index (χ2v) is 6.49. The van der Waals surface area contributed by atoms with Crippen LogP contribution in [-0.2, 0) is 0 Å². The number of rotatable bonds is 5. The molecule has 0 radical (unpaired) electrons. The molecule has 0 unspecified atom stereocenters. The minimum atomic E-state index is -0.812. The van der Waals surface area contributed by atoms with Crippen molar-refractivity contribution < 1.29 is 9.90 Å². The van der Waals surface area contributed by atoms with E-state index in [4.69, 9.17) is 0 Å². The van der Waals surface area contributed by atoms with E-state index in [0.717, 1.165) is 30.2 Å². The van der Waals surface area contributed by atoms with Crippen molar-refractivity contribution in [2.24, 2.45) is 0 Å². The number of hydrogen-bond acceptors (Lipinski definition) is 4. The molecule has 1 heterocycles. The van der Waals surface area contributed by atoms with Gasteiger partial charge in [-0.1, -0.05) is 24.2 Å². The van der Waals surface area contributed by atoms with Gasteiger partial charge < -0.3 is 10.0 Å². The first-order valence-corrected chi connectivity index (χ1v) is 8.03. The molecule has 2 aliphatic carbocycles. The molecule has 2 saturated carbocycles. The maximum Gasteiger partial charge on any atom is 0.347 e. The summed E-state index contributed by atoms with van der Waals surface area (Å²) < 4.78 is 0. The van der Waals surface area contributed by atoms with E-state index in [1.165, 1.54) is 37.0 Å². The van der Waals surface area contributed by atoms with Crippen molar-refractivity contribution in [3.05, 3.63) is 10.6 Å². The topological polar surface area (TPSA) is 53.4 Å². The highest BCUT2D eigenvalue weighted by atomic mass is 32.1. The Balaban J connectivity index is 1.90. The van der Waals surface area contributed by atoms with Gasteiger partial charge in [0.2, 0.25) is 0 Å². The zero-order valence-electron chi connectivity index (χ0n) is 11.3. The molecular formula is C14H20N2O2S. The van der Waals surface area contributed by atoms with Crippen LogP contribution in [0.3, 0.4) is 0 Å². The molecule has 0 aromatic carbocycles. The Morgan fingerprint density at radius 1 is 1.37 bits per heavy atom. The molecule has 0 aliphatic heterocycles. The second-order valence-electron chi connectivity index (χ2n) is 5.51. The fourth-order valence-corrected chi connectivity index (χ4v) is 4.12. The molecule has 2 aliphatic rings. The lowest BCUT2D eigenvalue weighted by Crippen LogP contribution is -2.32. The number of aromatic nitrogens is 1. The molecule has 0 spiro atoms. The van der Waals surface area contributed by atoms with Crippen LogP contribution in [0.25, 0.3) is 0 Å². The Bertz CT molecular complexity index is 476.